The molecule has 0 amide bonds. The van der Waals surface area contributed by atoms with Crippen molar-refractivity contribution in [3.8, 4) is 0 Å². The molecule has 0 saturated carbocycles. The van der Waals surface area contributed by atoms with Gasteiger partial charge in [-0.15, -0.1) is 0 Å². The largest absolute Gasteiger partial charge is 0.340 e. The van der Waals surface area contributed by atoms with Gasteiger partial charge < -0.3 is 4.52 Å². The highest BCUT2D eigenvalue weighted by molar-refractivity contribution is 5.82. The summed E-state index contributed by atoms with van der Waals surface area (Å²) in [4.78, 5) is 17.2. The number of aromatic nitrogens is 2. The second-order valence-corrected chi connectivity index (χ2v) is 3.54. The molecule has 0 bridgehead atoms. The minimum Gasteiger partial charge on any atom is -0.340 e. The molecule has 76 valence electrons. The summed E-state index contributed by atoms with van der Waals surface area (Å²) in [5, 5.41) is 3.80. The normalized spacial score (nSPS) is 17.9. The van der Waals surface area contributed by atoms with Crippen molar-refractivity contribution in [3.63, 3.8) is 0 Å². The van der Waals surface area contributed by atoms with Gasteiger partial charge in [0.15, 0.2) is 5.82 Å². The Kier molecular flexibility index (Phi) is 2.58. The van der Waals surface area contributed by atoms with Crippen LogP contribution < -0.4 is 0 Å². The van der Waals surface area contributed by atoms with E-state index in [2.05, 4.69) is 15.0 Å². The first kappa shape index (κ1) is 9.33. The van der Waals surface area contributed by atoms with Gasteiger partial charge in [0.05, 0.1) is 6.54 Å². The molecule has 1 aliphatic heterocycles. The Morgan fingerprint density at radius 1 is 1.57 bits per heavy atom. The number of nitrogens with zero attached hydrogens (tertiary/aromatic N) is 3. The summed E-state index contributed by atoms with van der Waals surface area (Å²) in [6.07, 6.45) is 1.44. The molecule has 2 rings (SSSR count). The van der Waals surface area contributed by atoms with Crippen LogP contribution in [0.4, 0.5) is 0 Å². The number of rotatable bonds is 3. The molecular weight excluding hydrogens is 182 g/mol. The van der Waals surface area contributed by atoms with Crippen LogP contribution in [0, 0.1) is 6.92 Å². The molecule has 14 heavy (non-hydrogen) atoms. The fraction of sp³-hybridized carbons (Fsp3) is 0.667. The molecule has 0 unspecified atom stereocenters. The number of hydrogen-bond acceptors (Lipinski definition) is 5. The zero-order valence-corrected chi connectivity index (χ0v) is 8.19. The van der Waals surface area contributed by atoms with Crippen LogP contribution in [0.5, 0.6) is 0 Å². The zero-order chi connectivity index (χ0) is 9.97. The van der Waals surface area contributed by atoms with Gasteiger partial charge in [0.25, 0.3) is 0 Å². The van der Waals surface area contributed by atoms with Gasteiger partial charge in [0.1, 0.15) is 5.78 Å². The van der Waals surface area contributed by atoms with E-state index in [1.807, 2.05) is 0 Å². The van der Waals surface area contributed by atoms with E-state index in [9.17, 15) is 4.79 Å². The molecule has 0 radical (unpaired) electrons. The smallest absolute Gasteiger partial charge is 0.223 e. The molecule has 1 aliphatic rings. The van der Waals surface area contributed by atoms with Crippen LogP contribution in [-0.2, 0) is 11.2 Å². The third-order valence-electron chi connectivity index (χ3n) is 2.33. The van der Waals surface area contributed by atoms with Crippen molar-refractivity contribution < 1.29 is 9.32 Å². The molecule has 0 atom stereocenters. The number of hydrogen-bond donors (Lipinski definition) is 0. The first-order valence-electron chi connectivity index (χ1n) is 4.77. The third kappa shape index (κ3) is 2.17. The Balaban J connectivity index is 1.80. The Bertz CT molecular complexity index is 335. The summed E-state index contributed by atoms with van der Waals surface area (Å²) in [6.45, 7) is 4.06. The Morgan fingerprint density at radius 3 is 3.00 bits per heavy atom. The van der Waals surface area contributed by atoms with E-state index in [1.54, 1.807) is 6.92 Å². The lowest BCUT2D eigenvalue weighted by atomic mass is 10.4. The summed E-state index contributed by atoms with van der Waals surface area (Å²) < 4.78 is 4.85. The van der Waals surface area contributed by atoms with Crippen LogP contribution in [0.25, 0.3) is 0 Å². The SMILES string of the molecule is Cc1nc(CCN2CCC(=O)C2)no1. The molecule has 2 heterocycles. The van der Waals surface area contributed by atoms with Gasteiger partial charge in [0, 0.05) is 32.9 Å². The molecular formula is C9H13N3O2. The van der Waals surface area contributed by atoms with Crippen LogP contribution in [0.3, 0.4) is 0 Å². The predicted molar refractivity (Wildman–Crippen MR) is 48.8 cm³/mol. The molecule has 0 spiro atoms. The number of likely N-dealkylation sites (tertiary alicyclic amines) is 1. The first-order valence-corrected chi connectivity index (χ1v) is 4.77. The maximum atomic E-state index is 11.0. The summed E-state index contributed by atoms with van der Waals surface area (Å²) in [7, 11) is 0. The van der Waals surface area contributed by atoms with E-state index in [0.29, 0.717) is 24.6 Å². The van der Waals surface area contributed by atoms with E-state index in [-0.39, 0.29) is 0 Å². The van der Waals surface area contributed by atoms with Gasteiger partial charge in [0.2, 0.25) is 5.89 Å². The van der Waals surface area contributed by atoms with Crippen LogP contribution in [0.15, 0.2) is 4.52 Å². The van der Waals surface area contributed by atoms with Crippen LogP contribution >= 0.6 is 0 Å². The fourth-order valence-corrected chi connectivity index (χ4v) is 1.58. The topological polar surface area (TPSA) is 59.2 Å². The quantitative estimate of drug-likeness (QED) is 0.689. The second-order valence-electron chi connectivity index (χ2n) is 3.54. The molecule has 0 aromatic carbocycles. The number of aryl methyl sites for hydroxylation is 1. The molecule has 1 fully saturated rings. The highest BCUT2D eigenvalue weighted by Gasteiger charge is 2.19. The van der Waals surface area contributed by atoms with Crippen LogP contribution in [0.2, 0.25) is 0 Å². The monoisotopic (exact) mass is 195 g/mol. The van der Waals surface area contributed by atoms with Gasteiger partial charge in [-0.1, -0.05) is 5.16 Å². The molecule has 1 saturated heterocycles. The van der Waals surface area contributed by atoms with Crippen molar-refractivity contribution in [1.82, 2.24) is 15.0 Å². The van der Waals surface area contributed by atoms with E-state index in [4.69, 9.17) is 4.52 Å². The van der Waals surface area contributed by atoms with Crippen molar-refractivity contribution in [3.05, 3.63) is 11.7 Å². The number of Topliss-reactive ketones (excluding diaryl/α,β-unsaturated/α-hetero) is 1. The molecule has 1 aromatic heterocycles. The minimum absolute atomic E-state index is 0.328. The zero-order valence-electron chi connectivity index (χ0n) is 8.19. The Morgan fingerprint density at radius 2 is 2.43 bits per heavy atom. The average Bonchev–Trinajstić information content (AvgIpc) is 2.72. The van der Waals surface area contributed by atoms with Crippen molar-refractivity contribution in [1.29, 1.82) is 0 Å². The summed E-state index contributed by atoms with van der Waals surface area (Å²) in [6, 6.07) is 0. The van der Waals surface area contributed by atoms with Crippen LogP contribution in [0.1, 0.15) is 18.1 Å². The average molecular weight is 195 g/mol. The van der Waals surface area contributed by atoms with E-state index < -0.39 is 0 Å². The number of carbonyl (C=O) groups excluding carboxylic acids is 1. The summed E-state index contributed by atoms with van der Waals surface area (Å²) in [5.74, 6) is 1.65. The van der Waals surface area contributed by atoms with Gasteiger partial charge in [-0.3, -0.25) is 9.69 Å². The highest BCUT2D eigenvalue weighted by atomic mass is 16.5. The van der Waals surface area contributed by atoms with Crippen LogP contribution in [-0.4, -0.2) is 40.5 Å². The van der Waals surface area contributed by atoms with E-state index >= 15 is 0 Å². The number of carbonyl (C=O) groups is 1. The lowest BCUT2D eigenvalue weighted by Gasteiger charge is -2.10. The predicted octanol–water partition coefficient (Wildman–Crippen LogP) is 0.195. The molecule has 5 nitrogen and oxygen atoms in total. The molecule has 0 N–H and O–H groups in total. The molecule has 1 aromatic rings. The van der Waals surface area contributed by atoms with Gasteiger partial charge >= 0.3 is 0 Å². The standard InChI is InChI=1S/C9H13N3O2/c1-7-10-9(11-14-7)3-5-12-4-2-8(13)6-12/h2-6H2,1H3. The lowest BCUT2D eigenvalue weighted by molar-refractivity contribution is -0.116. The Hall–Kier alpha value is -1.23. The summed E-state index contributed by atoms with van der Waals surface area (Å²) >= 11 is 0. The highest BCUT2D eigenvalue weighted by Crippen LogP contribution is 2.05. The summed E-state index contributed by atoms with van der Waals surface area (Å²) in [5.41, 5.74) is 0. The van der Waals surface area contributed by atoms with E-state index in [1.165, 1.54) is 0 Å². The molecule has 5 heteroatoms. The third-order valence-corrected chi connectivity index (χ3v) is 2.33. The molecule has 0 aliphatic carbocycles. The second kappa shape index (κ2) is 3.88. The van der Waals surface area contributed by atoms with Crippen molar-refractivity contribution in [2.75, 3.05) is 19.6 Å². The van der Waals surface area contributed by atoms with Gasteiger partial charge in [-0.25, -0.2) is 0 Å². The van der Waals surface area contributed by atoms with Crippen molar-refractivity contribution in [2.45, 2.75) is 19.8 Å². The minimum atomic E-state index is 0.328. The maximum Gasteiger partial charge on any atom is 0.223 e. The van der Waals surface area contributed by atoms with E-state index in [0.717, 1.165) is 25.3 Å². The number of ketones is 1. The Labute approximate surface area is 82.1 Å². The van der Waals surface area contributed by atoms with Gasteiger partial charge in [-0.2, -0.15) is 4.98 Å². The van der Waals surface area contributed by atoms with Crippen molar-refractivity contribution in [2.24, 2.45) is 0 Å². The fourth-order valence-electron chi connectivity index (χ4n) is 1.58. The lowest BCUT2D eigenvalue weighted by Crippen LogP contribution is -2.23. The van der Waals surface area contributed by atoms with Crippen molar-refractivity contribution >= 4 is 5.78 Å². The van der Waals surface area contributed by atoms with Gasteiger partial charge in [-0.05, 0) is 0 Å². The first-order chi connectivity index (χ1) is 6.74. The maximum absolute atomic E-state index is 11.0.